The summed E-state index contributed by atoms with van der Waals surface area (Å²) in [6, 6.07) is 8.77. The SMILES string of the molecule is COc1ccccc1C(C)(C)N(C)C[C@H](C)N(C)C(C)(C)C. The van der Waals surface area contributed by atoms with Crippen LogP contribution in [0.1, 0.15) is 47.1 Å². The minimum atomic E-state index is -0.0837. The van der Waals surface area contributed by atoms with Crippen LogP contribution in [-0.2, 0) is 5.54 Å². The molecule has 0 spiro atoms. The molecule has 0 aromatic heterocycles. The zero-order valence-corrected chi connectivity index (χ0v) is 15.9. The van der Waals surface area contributed by atoms with Gasteiger partial charge in [0.15, 0.2) is 0 Å². The fourth-order valence-electron chi connectivity index (χ4n) is 2.76. The van der Waals surface area contributed by atoms with Crippen molar-refractivity contribution in [2.24, 2.45) is 0 Å². The van der Waals surface area contributed by atoms with E-state index in [2.05, 4.69) is 77.6 Å². The molecular weight excluding hydrogens is 272 g/mol. The van der Waals surface area contributed by atoms with Crippen LogP contribution in [0.4, 0.5) is 0 Å². The molecule has 0 saturated carbocycles. The third-order valence-electron chi connectivity index (χ3n) is 4.98. The fourth-order valence-corrected chi connectivity index (χ4v) is 2.76. The Hall–Kier alpha value is -1.06. The summed E-state index contributed by atoms with van der Waals surface area (Å²) in [6.07, 6.45) is 0. The van der Waals surface area contributed by atoms with Crippen LogP contribution in [-0.4, -0.2) is 49.1 Å². The van der Waals surface area contributed by atoms with E-state index in [1.807, 2.05) is 12.1 Å². The smallest absolute Gasteiger partial charge is 0.123 e. The molecule has 0 heterocycles. The summed E-state index contributed by atoms with van der Waals surface area (Å²) in [5.41, 5.74) is 1.32. The average molecular weight is 306 g/mol. The molecule has 1 rings (SSSR count). The minimum Gasteiger partial charge on any atom is -0.496 e. The van der Waals surface area contributed by atoms with Crippen LogP contribution in [0.2, 0.25) is 0 Å². The van der Waals surface area contributed by atoms with Gasteiger partial charge in [0.1, 0.15) is 5.75 Å². The van der Waals surface area contributed by atoms with E-state index in [1.165, 1.54) is 5.56 Å². The van der Waals surface area contributed by atoms with Gasteiger partial charge in [-0.1, -0.05) is 18.2 Å². The molecule has 0 aliphatic carbocycles. The average Bonchev–Trinajstić information content (AvgIpc) is 2.45. The molecule has 1 aromatic rings. The summed E-state index contributed by atoms with van der Waals surface area (Å²) in [5.74, 6) is 0.955. The highest BCUT2D eigenvalue weighted by molar-refractivity contribution is 5.38. The van der Waals surface area contributed by atoms with Gasteiger partial charge < -0.3 is 4.74 Å². The van der Waals surface area contributed by atoms with E-state index in [0.29, 0.717) is 6.04 Å². The Labute approximate surface area is 137 Å². The van der Waals surface area contributed by atoms with Crippen molar-refractivity contribution in [1.82, 2.24) is 9.80 Å². The predicted octanol–water partition coefficient (Wildman–Crippen LogP) is 3.98. The van der Waals surface area contributed by atoms with Crippen molar-refractivity contribution < 1.29 is 4.74 Å². The number of para-hydroxylation sites is 1. The Kier molecular flexibility index (Phi) is 6.05. The molecule has 1 atom stereocenters. The second-order valence-electron chi connectivity index (χ2n) is 7.77. The van der Waals surface area contributed by atoms with Crippen molar-refractivity contribution in [3.05, 3.63) is 29.8 Å². The van der Waals surface area contributed by atoms with Crippen molar-refractivity contribution in [3.63, 3.8) is 0 Å². The molecule has 126 valence electrons. The lowest BCUT2D eigenvalue weighted by Gasteiger charge is -2.43. The summed E-state index contributed by atoms with van der Waals surface area (Å²) in [4.78, 5) is 4.85. The Morgan fingerprint density at radius 1 is 1.05 bits per heavy atom. The zero-order valence-electron chi connectivity index (χ0n) is 15.9. The van der Waals surface area contributed by atoms with Gasteiger partial charge in [0.25, 0.3) is 0 Å². The van der Waals surface area contributed by atoms with Gasteiger partial charge in [-0.05, 0) is 61.7 Å². The van der Waals surface area contributed by atoms with E-state index >= 15 is 0 Å². The number of likely N-dealkylation sites (N-methyl/N-ethyl adjacent to an activating group) is 2. The normalized spacial score (nSPS) is 14.5. The topological polar surface area (TPSA) is 15.7 Å². The van der Waals surface area contributed by atoms with Crippen molar-refractivity contribution >= 4 is 0 Å². The molecule has 0 radical (unpaired) electrons. The number of rotatable bonds is 6. The maximum absolute atomic E-state index is 5.55. The number of nitrogens with zero attached hydrogens (tertiary/aromatic N) is 2. The molecule has 0 N–H and O–H groups in total. The van der Waals surface area contributed by atoms with Crippen LogP contribution in [0.3, 0.4) is 0 Å². The van der Waals surface area contributed by atoms with Gasteiger partial charge in [-0.25, -0.2) is 0 Å². The molecule has 0 aliphatic rings. The third kappa shape index (κ3) is 4.23. The van der Waals surface area contributed by atoms with Gasteiger partial charge in [0.05, 0.1) is 7.11 Å². The Morgan fingerprint density at radius 3 is 2.09 bits per heavy atom. The van der Waals surface area contributed by atoms with Crippen molar-refractivity contribution in [2.45, 2.75) is 58.7 Å². The first-order chi connectivity index (χ1) is 10.0. The predicted molar refractivity (Wildman–Crippen MR) is 95.6 cm³/mol. The van der Waals surface area contributed by atoms with Crippen LogP contribution in [0.5, 0.6) is 5.75 Å². The number of benzene rings is 1. The van der Waals surface area contributed by atoms with Crippen LogP contribution in [0, 0.1) is 0 Å². The Bertz CT molecular complexity index is 477. The van der Waals surface area contributed by atoms with Gasteiger partial charge in [0.2, 0.25) is 0 Å². The molecule has 0 aliphatic heterocycles. The summed E-state index contributed by atoms with van der Waals surface area (Å²) in [5, 5.41) is 0. The highest BCUT2D eigenvalue weighted by Gasteiger charge is 2.31. The first kappa shape index (κ1) is 19.0. The molecule has 0 bridgehead atoms. The van der Waals surface area contributed by atoms with Gasteiger partial charge in [0, 0.05) is 29.2 Å². The largest absolute Gasteiger partial charge is 0.496 e. The molecule has 22 heavy (non-hydrogen) atoms. The Morgan fingerprint density at radius 2 is 1.59 bits per heavy atom. The molecular formula is C19H34N2O. The van der Waals surface area contributed by atoms with E-state index in [1.54, 1.807) is 7.11 Å². The quantitative estimate of drug-likeness (QED) is 0.790. The second-order valence-corrected chi connectivity index (χ2v) is 7.77. The lowest BCUT2D eigenvalue weighted by atomic mass is 9.91. The molecule has 3 heteroatoms. The molecule has 0 amide bonds. The summed E-state index contributed by atoms with van der Waals surface area (Å²) in [7, 11) is 6.14. The molecule has 3 nitrogen and oxygen atoms in total. The van der Waals surface area contributed by atoms with E-state index in [9.17, 15) is 0 Å². The van der Waals surface area contributed by atoms with Crippen LogP contribution in [0.25, 0.3) is 0 Å². The van der Waals surface area contributed by atoms with Crippen LogP contribution in [0.15, 0.2) is 24.3 Å². The van der Waals surface area contributed by atoms with Crippen molar-refractivity contribution in [1.29, 1.82) is 0 Å². The molecule has 0 saturated heterocycles. The maximum Gasteiger partial charge on any atom is 0.123 e. The van der Waals surface area contributed by atoms with E-state index in [0.717, 1.165) is 12.3 Å². The lowest BCUT2D eigenvalue weighted by molar-refractivity contribution is 0.0648. The number of methoxy groups -OCH3 is 1. The first-order valence-electron chi connectivity index (χ1n) is 8.09. The lowest BCUT2D eigenvalue weighted by Crippen LogP contribution is -2.51. The minimum absolute atomic E-state index is 0.0837. The summed E-state index contributed by atoms with van der Waals surface area (Å²) >= 11 is 0. The van der Waals surface area contributed by atoms with Crippen molar-refractivity contribution in [3.8, 4) is 5.75 Å². The number of ether oxygens (including phenoxy) is 1. The standard InChI is InChI=1S/C19H34N2O/c1-15(21(8)18(2,3)4)14-20(7)19(5,6)16-12-10-11-13-17(16)22-9/h10-13,15H,14H2,1-9H3/t15-/m0/s1. The summed E-state index contributed by atoms with van der Waals surface area (Å²) < 4.78 is 5.55. The number of hydrogen-bond donors (Lipinski definition) is 0. The second kappa shape index (κ2) is 7.01. The van der Waals surface area contributed by atoms with E-state index in [-0.39, 0.29) is 11.1 Å². The monoisotopic (exact) mass is 306 g/mol. The summed E-state index contributed by atoms with van der Waals surface area (Å²) in [6.45, 7) is 14.6. The molecule has 1 aromatic carbocycles. The highest BCUT2D eigenvalue weighted by atomic mass is 16.5. The highest BCUT2D eigenvalue weighted by Crippen LogP contribution is 2.34. The van der Waals surface area contributed by atoms with E-state index in [4.69, 9.17) is 4.74 Å². The molecule has 0 unspecified atom stereocenters. The fraction of sp³-hybridized carbons (Fsp3) is 0.684. The Balaban J connectivity index is 2.93. The zero-order chi connectivity index (χ0) is 17.1. The van der Waals surface area contributed by atoms with Gasteiger partial charge in [-0.15, -0.1) is 0 Å². The third-order valence-corrected chi connectivity index (χ3v) is 4.98. The van der Waals surface area contributed by atoms with Gasteiger partial charge in [-0.2, -0.15) is 0 Å². The van der Waals surface area contributed by atoms with Crippen molar-refractivity contribution in [2.75, 3.05) is 27.7 Å². The van der Waals surface area contributed by atoms with Gasteiger partial charge in [-0.3, -0.25) is 9.80 Å². The maximum atomic E-state index is 5.55. The van der Waals surface area contributed by atoms with E-state index < -0.39 is 0 Å². The van der Waals surface area contributed by atoms with Crippen LogP contribution >= 0.6 is 0 Å². The number of hydrogen-bond acceptors (Lipinski definition) is 3. The first-order valence-corrected chi connectivity index (χ1v) is 8.09. The molecule has 0 fully saturated rings. The van der Waals surface area contributed by atoms with Crippen LogP contribution < -0.4 is 4.74 Å². The van der Waals surface area contributed by atoms with Gasteiger partial charge >= 0.3 is 0 Å².